The van der Waals surface area contributed by atoms with Crippen LogP contribution in [-0.4, -0.2) is 19.0 Å². The Bertz CT molecular complexity index is 1480. The highest BCUT2D eigenvalue weighted by Gasteiger charge is 2.61. The topological polar surface area (TPSA) is 26.8 Å². The van der Waals surface area contributed by atoms with Crippen LogP contribution in [-0.2, 0) is 23.2 Å². The summed E-state index contributed by atoms with van der Waals surface area (Å²) in [4.78, 5) is 20.7. The summed E-state index contributed by atoms with van der Waals surface area (Å²) in [5.41, 5.74) is 4.11. The van der Waals surface area contributed by atoms with Gasteiger partial charge in [-0.25, -0.2) is 0 Å². The average Bonchev–Trinajstić information content (AvgIpc) is 3.43. The van der Waals surface area contributed by atoms with Crippen LogP contribution in [0.25, 0.3) is 0 Å². The Hall–Kier alpha value is -4.26. The Morgan fingerprint density at radius 2 is 1.31 bits per heavy atom. The van der Waals surface area contributed by atoms with E-state index in [4.69, 9.17) is 0 Å². The van der Waals surface area contributed by atoms with Crippen molar-refractivity contribution in [3.63, 3.8) is 0 Å². The Morgan fingerprint density at radius 3 is 1.87 bits per heavy atom. The molecule has 0 atom stereocenters. The van der Waals surface area contributed by atoms with Crippen LogP contribution in [0.3, 0.4) is 0 Å². The summed E-state index contributed by atoms with van der Waals surface area (Å²) in [5.74, 6) is -0.181. The fraction of sp³-hybridized carbons (Fsp3) is 0.219. The predicted molar refractivity (Wildman–Crippen MR) is 148 cm³/mol. The fourth-order valence-electron chi connectivity index (χ4n) is 5.87. The molecule has 0 saturated carbocycles. The highest BCUT2D eigenvalue weighted by molar-refractivity contribution is 6.12. The smallest absolute Gasteiger partial charge is 0.335 e. The molecule has 39 heavy (non-hydrogen) atoms. The van der Waals surface area contributed by atoms with Gasteiger partial charge in [0.15, 0.2) is 0 Å². The van der Waals surface area contributed by atoms with Crippen LogP contribution in [0.5, 0.6) is 0 Å². The molecule has 0 radical (unpaired) electrons. The molecule has 6 rings (SSSR count). The predicted octanol–water partition coefficient (Wildman–Crippen LogP) is 7.05. The molecule has 1 amide bonds. The Balaban J connectivity index is 1.51. The molecule has 4 aromatic rings. The van der Waals surface area contributed by atoms with Crippen LogP contribution >= 0.6 is 0 Å². The minimum Gasteiger partial charge on any atom is -0.335 e. The van der Waals surface area contributed by atoms with Crippen LogP contribution in [0.1, 0.15) is 27.8 Å². The number of benzene rings is 4. The number of carbonyl (C=O) groups excluding carboxylic acids is 1. The van der Waals surface area contributed by atoms with E-state index in [1.807, 2.05) is 86.6 Å². The Labute approximate surface area is 225 Å². The second-order valence-electron chi connectivity index (χ2n) is 10.3. The normalized spacial score (nSPS) is 16.3. The quantitative estimate of drug-likeness (QED) is 0.285. The first-order valence-corrected chi connectivity index (χ1v) is 13.0. The molecule has 2 aliphatic heterocycles. The van der Waals surface area contributed by atoms with Crippen molar-refractivity contribution >= 4 is 23.0 Å². The van der Waals surface area contributed by atoms with E-state index in [9.17, 15) is 18.0 Å². The summed E-state index contributed by atoms with van der Waals surface area (Å²) in [5, 5.41) is 0. The zero-order chi connectivity index (χ0) is 27.4. The third kappa shape index (κ3) is 4.04. The number of hydrogen-bond acceptors (Lipinski definition) is 3. The van der Waals surface area contributed by atoms with Gasteiger partial charge in [-0.15, -0.1) is 0 Å². The number of amides is 1. The molecule has 0 bridgehead atoms. The number of alkyl halides is 3. The van der Waals surface area contributed by atoms with Gasteiger partial charge in [0.2, 0.25) is 5.66 Å². The molecule has 1 spiro atoms. The molecule has 0 N–H and O–H groups in total. The number of halogens is 3. The van der Waals surface area contributed by atoms with Crippen LogP contribution in [0, 0.1) is 13.8 Å². The first-order valence-electron chi connectivity index (χ1n) is 13.0. The summed E-state index contributed by atoms with van der Waals surface area (Å²) < 4.78 is 40.4. The molecule has 4 nitrogen and oxygen atoms in total. The average molecular weight is 528 g/mol. The first kappa shape index (κ1) is 25.0. The minimum atomic E-state index is -4.46. The van der Waals surface area contributed by atoms with Crippen molar-refractivity contribution in [3.8, 4) is 0 Å². The van der Waals surface area contributed by atoms with Crippen molar-refractivity contribution < 1.29 is 18.0 Å². The van der Waals surface area contributed by atoms with Crippen molar-refractivity contribution in [1.82, 2.24) is 0 Å². The lowest BCUT2D eigenvalue weighted by molar-refractivity contribution is -0.137. The number of anilines is 3. The van der Waals surface area contributed by atoms with E-state index in [1.165, 1.54) is 6.07 Å². The number of fused-ring (bicyclic) bond motifs is 2. The zero-order valence-corrected chi connectivity index (χ0v) is 21.7. The lowest BCUT2D eigenvalue weighted by Crippen LogP contribution is -2.58. The first-order chi connectivity index (χ1) is 18.7. The third-order valence-electron chi connectivity index (χ3n) is 7.73. The van der Waals surface area contributed by atoms with Gasteiger partial charge in [-0.1, -0.05) is 65.7 Å². The van der Waals surface area contributed by atoms with Gasteiger partial charge >= 0.3 is 6.18 Å². The second kappa shape index (κ2) is 9.19. The van der Waals surface area contributed by atoms with Gasteiger partial charge in [0.25, 0.3) is 5.91 Å². The van der Waals surface area contributed by atoms with E-state index in [-0.39, 0.29) is 12.5 Å². The summed E-state index contributed by atoms with van der Waals surface area (Å²) >= 11 is 0. The van der Waals surface area contributed by atoms with Gasteiger partial charge < -0.3 is 14.7 Å². The molecule has 2 heterocycles. The molecule has 7 heteroatoms. The molecule has 0 aliphatic carbocycles. The summed E-state index contributed by atoms with van der Waals surface area (Å²) in [7, 11) is 0. The molecule has 0 unspecified atom stereocenters. The van der Waals surface area contributed by atoms with Gasteiger partial charge in [-0.3, -0.25) is 4.79 Å². The highest BCUT2D eigenvalue weighted by Crippen LogP contribution is 2.52. The molecule has 2 aliphatic rings. The summed E-state index contributed by atoms with van der Waals surface area (Å²) in [6.45, 7) is 5.29. The molecule has 198 valence electrons. The molecule has 4 aromatic carbocycles. The third-order valence-corrected chi connectivity index (χ3v) is 7.73. The van der Waals surface area contributed by atoms with E-state index in [2.05, 4.69) is 9.80 Å². The molecule has 1 saturated heterocycles. The second-order valence-corrected chi connectivity index (χ2v) is 10.3. The molecular formula is C32H28F3N3O. The van der Waals surface area contributed by atoms with Crippen molar-refractivity contribution in [2.45, 2.75) is 32.2 Å². The fourth-order valence-corrected chi connectivity index (χ4v) is 5.87. The van der Waals surface area contributed by atoms with Crippen LogP contribution in [0.4, 0.5) is 30.2 Å². The van der Waals surface area contributed by atoms with Gasteiger partial charge in [0.05, 0.1) is 17.8 Å². The Morgan fingerprint density at radius 1 is 0.744 bits per heavy atom. The lowest BCUT2D eigenvalue weighted by atomic mass is 9.96. The lowest BCUT2D eigenvalue weighted by Gasteiger charge is -2.42. The van der Waals surface area contributed by atoms with Crippen molar-refractivity contribution in [3.05, 3.63) is 125 Å². The monoisotopic (exact) mass is 527 g/mol. The minimum absolute atomic E-state index is 0.0327. The highest BCUT2D eigenvalue weighted by atomic mass is 19.4. The van der Waals surface area contributed by atoms with E-state index >= 15 is 0 Å². The standard InChI is InChI=1S/C32H28F3N3O/c1-22-10-14-26(15-11-22)37-18-19-38(27-16-12-23(2)13-17-27)31(37)28-8-3-4-9-29(28)36(30(31)39)21-24-6-5-7-25(20-24)32(33,34)35/h3-17,20H,18-19,21H2,1-2H3. The molecule has 1 fully saturated rings. The molecule has 0 aromatic heterocycles. The maximum Gasteiger partial charge on any atom is 0.416 e. The Kier molecular flexibility index (Phi) is 5.90. The zero-order valence-electron chi connectivity index (χ0n) is 21.7. The van der Waals surface area contributed by atoms with E-state index in [0.29, 0.717) is 24.3 Å². The van der Waals surface area contributed by atoms with E-state index < -0.39 is 17.4 Å². The van der Waals surface area contributed by atoms with Gasteiger partial charge in [-0.2, -0.15) is 13.2 Å². The maximum atomic E-state index is 14.8. The summed E-state index contributed by atoms with van der Waals surface area (Å²) in [6.07, 6.45) is -4.46. The number of rotatable bonds is 4. The van der Waals surface area contributed by atoms with Crippen LogP contribution in [0.2, 0.25) is 0 Å². The van der Waals surface area contributed by atoms with Gasteiger partial charge in [0, 0.05) is 30.0 Å². The van der Waals surface area contributed by atoms with Crippen molar-refractivity contribution in [1.29, 1.82) is 0 Å². The largest absolute Gasteiger partial charge is 0.416 e. The van der Waals surface area contributed by atoms with Crippen molar-refractivity contribution in [2.75, 3.05) is 27.8 Å². The van der Waals surface area contributed by atoms with Gasteiger partial charge in [0.1, 0.15) is 0 Å². The van der Waals surface area contributed by atoms with E-state index in [0.717, 1.165) is 40.2 Å². The SMILES string of the molecule is Cc1ccc(N2CCN(c3ccc(C)cc3)C23C(=O)N(Cc2cccc(C(F)(F)F)c2)c2ccccc23)cc1. The number of para-hydroxylation sites is 1. The summed E-state index contributed by atoms with van der Waals surface area (Å²) in [6, 6.07) is 29.1. The number of nitrogens with zero attached hydrogens (tertiary/aromatic N) is 3. The van der Waals surface area contributed by atoms with Gasteiger partial charge in [-0.05, 0) is 61.9 Å². The number of carbonyl (C=O) groups is 1. The van der Waals surface area contributed by atoms with E-state index in [1.54, 1.807) is 11.0 Å². The van der Waals surface area contributed by atoms with Crippen LogP contribution < -0.4 is 14.7 Å². The van der Waals surface area contributed by atoms with Crippen molar-refractivity contribution in [2.24, 2.45) is 0 Å². The molecular weight excluding hydrogens is 499 g/mol. The maximum absolute atomic E-state index is 14.8. The number of aryl methyl sites for hydroxylation is 2. The van der Waals surface area contributed by atoms with Crippen LogP contribution in [0.15, 0.2) is 97.1 Å². The number of hydrogen-bond donors (Lipinski definition) is 0.